The second-order valence-electron chi connectivity index (χ2n) is 4.58. The molecule has 0 aliphatic rings. The van der Waals surface area contributed by atoms with Crippen molar-refractivity contribution < 1.29 is 13.2 Å². The van der Waals surface area contributed by atoms with Crippen molar-refractivity contribution in [2.75, 3.05) is 18.7 Å². The van der Waals surface area contributed by atoms with Crippen LogP contribution in [0.4, 0.5) is 0 Å². The molecule has 0 N–H and O–H groups in total. The summed E-state index contributed by atoms with van der Waals surface area (Å²) < 4.78 is 22.7. The van der Waals surface area contributed by atoms with Gasteiger partial charge < -0.3 is 4.90 Å². The van der Waals surface area contributed by atoms with Crippen molar-refractivity contribution in [1.82, 2.24) is 4.90 Å². The van der Waals surface area contributed by atoms with E-state index in [1.54, 1.807) is 4.90 Å². The van der Waals surface area contributed by atoms with Crippen molar-refractivity contribution in [3.8, 4) is 0 Å². The SMILES string of the molecule is CC(C)N(CCCl)C(=O)c1ccc(S(C)(=O)=O)cc1. The number of benzene rings is 1. The molecule has 0 unspecified atom stereocenters. The van der Waals surface area contributed by atoms with Crippen LogP contribution in [0.5, 0.6) is 0 Å². The molecule has 1 amide bonds. The van der Waals surface area contributed by atoms with E-state index in [1.165, 1.54) is 24.3 Å². The molecule has 106 valence electrons. The Bertz CT molecular complexity index is 538. The second-order valence-corrected chi connectivity index (χ2v) is 6.97. The monoisotopic (exact) mass is 303 g/mol. The molecule has 1 aromatic carbocycles. The third-order valence-electron chi connectivity index (χ3n) is 2.74. The van der Waals surface area contributed by atoms with Crippen LogP contribution in [0.15, 0.2) is 29.2 Å². The first-order valence-electron chi connectivity index (χ1n) is 5.94. The molecule has 0 spiro atoms. The van der Waals surface area contributed by atoms with Crippen molar-refractivity contribution in [2.24, 2.45) is 0 Å². The van der Waals surface area contributed by atoms with Crippen LogP contribution in [0.3, 0.4) is 0 Å². The zero-order valence-corrected chi connectivity index (χ0v) is 12.8. The third-order valence-corrected chi connectivity index (χ3v) is 4.04. The molecule has 0 aromatic heterocycles. The molecule has 0 radical (unpaired) electrons. The topological polar surface area (TPSA) is 54.5 Å². The Morgan fingerprint density at radius 2 is 1.79 bits per heavy atom. The fraction of sp³-hybridized carbons (Fsp3) is 0.462. The molecule has 1 aromatic rings. The summed E-state index contributed by atoms with van der Waals surface area (Å²) in [6.07, 6.45) is 1.14. The Kier molecular flexibility index (Phi) is 5.38. The summed E-state index contributed by atoms with van der Waals surface area (Å²) in [4.78, 5) is 14.1. The first-order chi connectivity index (χ1) is 8.77. The molecular weight excluding hydrogens is 286 g/mol. The molecule has 0 aliphatic heterocycles. The molecule has 1 rings (SSSR count). The quantitative estimate of drug-likeness (QED) is 0.783. The zero-order valence-electron chi connectivity index (χ0n) is 11.3. The Balaban J connectivity index is 3.00. The van der Waals surface area contributed by atoms with E-state index in [9.17, 15) is 13.2 Å². The van der Waals surface area contributed by atoms with Crippen LogP contribution in [0, 0.1) is 0 Å². The highest BCUT2D eigenvalue weighted by Crippen LogP contribution is 2.13. The first kappa shape index (κ1) is 16.0. The van der Waals surface area contributed by atoms with Crippen molar-refractivity contribution in [3.63, 3.8) is 0 Å². The van der Waals surface area contributed by atoms with Crippen LogP contribution in [-0.2, 0) is 9.84 Å². The standard InChI is InChI=1S/C13H18ClNO3S/c1-10(2)15(9-8-14)13(16)11-4-6-12(7-5-11)19(3,17)18/h4-7,10H,8-9H2,1-3H3. The summed E-state index contributed by atoms with van der Waals surface area (Å²) >= 11 is 5.68. The van der Waals surface area contributed by atoms with E-state index in [2.05, 4.69) is 0 Å². The van der Waals surface area contributed by atoms with E-state index >= 15 is 0 Å². The lowest BCUT2D eigenvalue weighted by atomic mass is 10.1. The lowest BCUT2D eigenvalue weighted by Crippen LogP contribution is -2.38. The van der Waals surface area contributed by atoms with Gasteiger partial charge in [-0.2, -0.15) is 0 Å². The van der Waals surface area contributed by atoms with Gasteiger partial charge in [-0.25, -0.2) is 8.42 Å². The van der Waals surface area contributed by atoms with E-state index in [-0.39, 0.29) is 16.8 Å². The van der Waals surface area contributed by atoms with Crippen LogP contribution in [0.1, 0.15) is 24.2 Å². The van der Waals surface area contributed by atoms with Gasteiger partial charge in [-0.3, -0.25) is 4.79 Å². The Morgan fingerprint density at radius 1 is 1.26 bits per heavy atom. The number of carbonyl (C=O) groups excluding carboxylic acids is 1. The van der Waals surface area contributed by atoms with Gasteiger partial charge in [-0.15, -0.1) is 11.6 Å². The number of rotatable bonds is 5. The molecule has 0 fully saturated rings. The number of hydrogen-bond donors (Lipinski definition) is 0. The summed E-state index contributed by atoms with van der Waals surface area (Å²) in [6.45, 7) is 4.29. The summed E-state index contributed by atoms with van der Waals surface area (Å²) in [5.74, 6) is 0.224. The maximum Gasteiger partial charge on any atom is 0.254 e. The van der Waals surface area contributed by atoms with Gasteiger partial charge in [0, 0.05) is 30.3 Å². The van der Waals surface area contributed by atoms with Gasteiger partial charge in [0.15, 0.2) is 9.84 Å². The van der Waals surface area contributed by atoms with Crippen LogP contribution in [-0.4, -0.2) is 43.9 Å². The maximum absolute atomic E-state index is 12.3. The highest BCUT2D eigenvalue weighted by Gasteiger charge is 2.18. The number of sulfone groups is 1. The molecule has 6 heteroatoms. The lowest BCUT2D eigenvalue weighted by molar-refractivity contribution is 0.0718. The zero-order chi connectivity index (χ0) is 14.6. The fourth-order valence-electron chi connectivity index (χ4n) is 1.70. The van der Waals surface area contributed by atoms with Gasteiger partial charge in [0.2, 0.25) is 0 Å². The largest absolute Gasteiger partial charge is 0.335 e. The molecule has 0 atom stereocenters. The van der Waals surface area contributed by atoms with Crippen LogP contribution < -0.4 is 0 Å². The number of hydrogen-bond acceptors (Lipinski definition) is 3. The van der Waals surface area contributed by atoms with E-state index in [0.29, 0.717) is 18.0 Å². The van der Waals surface area contributed by atoms with Gasteiger partial charge >= 0.3 is 0 Å². The minimum atomic E-state index is -3.24. The Hall–Kier alpha value is -1.07. The van der Waals surface area contributed by atoms with Gasteiger partial charge in [-0.05, 0) is 38.1 Å². The molecule has 19 heavy (non-hydrogen) atoms. The maximum atomic E-state index is 12.3. The van der Waals surface area contributed by atoms with Crippen molar-refractivity contribution in [1.29, 1.82) is 0 Å². The van der Waals surface area contributed by atoms with Gasteiger partial charge in [-0.1, -0.05) is 0 Å². The normalized spacial score (nSPS) is 11.6. The third kappa shape index (κ3) is 4.21. The molecule has 0 bridgehead atoms. The average molecular weight is 304 g/mol. The fourth-order valence-corrected chi connectivity index (χ4v) is 2.51. The Morgan fingerprint density at radius 3 is 2.16 bits per heavy atom. The predicted molar refractivity (Wildman–Crippen MR) is 76.4 cm³/mol. The lowest BCUT2D eigenvalue weighted by Gasteiger charge is -2.26. The minimum absolute atomic E-state index is 0.0424. The van der Waals surface area contributed by atoms with E-state index in [0.717, 1.165) is 6.26 Å². The molecule has 4 nitrogen and oxygen atoms in total. The van der Waals surface area contributed by atoms with Crippen LogP contribution in [0.25, 0.3) is 0 Å². The molecule has 0 aliphatic carbocycles. The van der Waals surface area contributed by atoms with E-state index < -0.39 is 9.84 Å². The highest BCUT2D eigenvalue weighted by molar-refractivity contribution is 7.90. The van der Waals surface area contributed by atoms with Crippen molar-refractivity contribution in [3.05, 3.63) is 29.8 Å². The predicted octanol–water partition coefficient (Wildman–Crippen LogP) is 2.18. The highest BCUT2D eigenvalue weighted by atomic mass is 35.5. The van der Waals surface area contributed by atoms with E-state index in [1.807, 2.05) is 13.8 Å². The smallest absolute Gasteiger partial charge is 0.254 e. The van der Waals surface area contributed by atoms with Gasteiger partial charge in [0.1, 0.15) is 0 Å². The molecular formula is C13H18ClNO3S. The van der Waals surface area contributed by atoms with Crippen LogP contribution in [0.2, 0.25) is 0 Å². The number of nitrogens with zero attached hydrogens (tertiary/aromatic N) is 1. The number of amides is 1. The molecule has 0 saturated carbocycles. The number of carbonyl (C=O) groups is 1. The first-order valence-corrected chi connectivity index (χ1v) is 8.37. The minimum Gasteiger partial charge on any atom is -0.335 e. The number of halogens is 1. The summed E-state index contributed by atoms with van der Waals surface area (Å²) in [5, 5.41) is 0. The number of alkyl halides is 1. The summed E-state index contributed by atoms with van der Waals surface area (Å²) in [7, 11) is -3.24. The summed E-state index contributed by atoms with van der Waals surface area (Å²) in [6, 6.07) is 6.00. The molecule has 0 saturated heterocycles. The second kappa shape index (κ2) is 6.39. The summed E-state index contributed by atoms with van der Waals surface area (Å²) in [5.41, 5.74) is 0.464. The van der Waals surface area contributed by atoms with Gasteiger partial charge in [0.25, 0.3) is 5.91 Å². The molecule has 0 heterocycles. The van der Waals surface area contributed by atoms with Crippen molar-refractivity contribution in [2.45, 2.75) is 24.8 Å². The Labute approximate surface area is 119 Å². The van der Waals surface area contributed by atoms with Crippen LogP contribution >= 0.6 is 11.6 Å². The van der Waals surface area contributed by atoms with E-state index in [4.69, 9.17) is 11.6 Å². The average Bonchev–Trinajstić information content (AvgIpc) is 2.34. The van der Waals surface area contributed by atoms with Crippen molar-refractivity contribution >= 4 is 27.3 Å². The van der Waals surface area contributed by atoms with Gasteiger partial charge in [0.05, 0.1) is 4.90 Å².